The average Bonchev–Trinajstić information content (AvgIpc) is 2.89. The van der Waals surface area contributed by atoms with Crippen LogP contribution in [0.5, 0.6) is 5.75 Å². The molecule has 0 atom stereocenters. The summed E-state index contributed by atoms with van der Waals surface area (Å²) in [6.07, 6.45) is 8.53. The van der Waals surface area contributed by atoms with Crippen LogP contribution in [-0.2, 0) is 4.74 Å². The summed E-state index contributed by atoms with van der Waals surface area (Å²) < 4.78 is 11.2. The van der Waals surface area contributed by atoms with Gasteiger partial charge in [0, 0.05) is 22.5 Å². The van der Waals surface area contributed by atoms with Crippen LogP contribution in [0.15, 0.2) is 72.8 Å². The lowest BCUT2D eigenvalue weighted by Gasteiger charge is -2.56. The lowest BCUT2D eigenvalue weighted by Crippen LogP contribution is -2.48. The van der Waals surface area contributed by atoms with Gasteiger partial charge in [-0.3, -0.25) is 0 Å². The molecule has 3 aromatic carbocycles. The van der Waals surface area contributed by atoms with Crippen molar-refractivity contribution in [2.75, 3.05) is 24.4 Å². The first-order chi connectivity index (χ1) is 17.6. The number of para-hydroxylation sites is 1. The van der Waals surface area contributed by atoms with Gasteiger partial charge in [-0.05, 0) is 117 Å². The Morgan fingerprint density at radius 2 is 1.31 bits per heavy atom. The molecule has 7 rings (SSSR count). The van der Waals surface area contributed by atoms with Gasteiger partial charge in [0.25, 0.3) is 0 Å². The van der Waals surface area contributed by atoms with E-state index in [0.717, 1.165) is 47.2 Å². The van der Waals surface area contributed by atoms with E-state index >= 15 is 0 Å². The zero-order valence-corrected chi connectivity index (χ0v) is 20.8. The van der Waals surface area contributed by atoms with Gasteiger partial charge >= 0.3 is 5.97 Å². The number of rotatable bonds is 8. The molecule has 4 fully saturated rings. The molecule has 3 aromatic rings. The first kappa shape index (κ1) is 23.0. The Hall–Kier alpha value is -3.47. The number of nitrogens with one attached hydrogen (secondary N) is 2. The van der Waals surface area contributed by atoms with E-state index < -0.39 is 0 Å². The Labute approximate surface area is 213 Å². The number of anilines is 4. The topological polar surface area (TPSA) is 59.6 Å². The fourth-order valence-electron chi connectivity index (χ4n) is 7.18. The monoisotopic (exact) mass is 482 g/mol. The van der Waals surface area contributed by atoms with Crippen molar-refractivity contribution in [3.8, 4) is 5.75 Å². The zero-order valence-electron chi connectivity index (χ0n) is 20.8. The van der Waals surface area contributed by atoms with Crippen LogP contribution in [0.2, 0.25) is 0 Å². The van der Waals surface area contributed by atoms with Crippen molar-refractivity contribution in [1.29, 1.82) is 0 Å². The molecule has 4 aliphatic carbocycles. The van der Waals surface area contributed by atoms with E-state index in [2.05, 4.69) is 34.9 Å². The molecular formula is C31H34N2O3. The second kappa shape index (κ2) is 9.53. The van der Waals surface area contributed by atoms with E-state index in [9.17, 15) is 4.79 Å². The van der Waals surface area contributed by atoms with Crippen LogP contribution in [0.4, 0.5) is 22.7 Å². The average molecular weight is 483 g/mol. The molecule has 5 nitrogen and oxygen atoms in total. The van der Waals surface area contributed by atoms with Gasteiger partial charge < -0.3 is 20.1 Å². The van der Waals surface area contributed by atoms with Gasteiger partial charge in [-0.1, -0.05) is 12.1 Å². The number of esters is 1. The molecule has 0 aliphatic heterocycles. The quantitative estimate of drug-likeness (QED) is 0.325. The maximum absolute atomic E-state index is 12.0. The lowest BCUT2D eigenvalue weighted by atomic mass is 9.50. The number of ether oxygens (including phenoxy) is 2. The van der Waals surface area contributed by atoms with Crippen LogP contribution in [-0.4, -0.2) is 19.7 Å². The smallest absolute Gasteiger partial charge is 0.339 e. The van der Waals surface area contributed by atoms with Crippen molar-refractivity contribution < 1.29 is 14.3 Å². The Morgan fingerprint density at radius 1 is 0.778 bits per heavy atom. The molecule has 0 amide bonds. The zero-order chi connectivity index (χ0) is 24.5. The Kier molecular flexibility index (Phi) is 6.08. The predicted molar refractivity (Wildman–Crippen MR) is 143 cm³/mol. The lowest BCUT2D eigenvalue weighted by molar-refractivity contribution is -0.0745. The number of hydrogen-bond donors (Lipinski definition) is 2. The normalized spacial score (nSPS) is 25.9. The fraction of sp³-hybridized carbons (Fsp3) is 0.387. The van der Waals surface area contributed by atoms with Crippen molar-refractivity contribution >= 4 is 28.7 Å². The summed E-state index contributed by atoms with van der Waals surface area (Å²) in [7, 11) is 1.39. The predicted octanol–water partition coefficient (Wildman–Crippen LogP) is 7.56. The largest absolute Gasteiger partial charge is 0.493 e. The summed E-state index contributed by atoms with van der Waals surface area (Å²) in [5.74, 6) is 3.46. The maximum atomic E-state index is 12.0. The van der Waals surface area contributed by atoms with Gasteiger partial charge in [0.1, 0.15) is 5.75 Å². The summed E-state index contributed by atoms with van der Waals surface area (Å²) >= 11 is 0. The Balaban J connectivity index is 1.05. The number of benzene rings is 3. The third-order valence-electron chi connectivity index (χ3n) is 8.35. The van der Waals surface area contributed by atoms with E-state index in [4.69, 9.17) is 9.47 Å². The molecule has 0 unspecified atom stereocenters. The molecule has 186 valence electrons. The minimum absolute atomic E-state index is 0.359. The number of carbonyl (C=O) groups excluding carboxylic acids is 1. The standard InChI is InChI=1S/C31H34N2O3/c1-35-30(34)28-4-2-3-5-29(28)33-26-8-6-24(7-9-26)32-25-10-12-27(13-11-25)36-20-31-17-21-14-22(18-31)16-23(15-21)19-31/h2-13,21-23,32-33H,14-20H2,1H3. The minimum Gasteiger partial charge on any atom is -0.493 e. The SMILES string of the molecule is COC(=O)c1ccccc1Nc1ccc(Nc2ccc(OCC34CC5CC(CC(C5)C3)C4)cc2)cc1. The van der Waals surface area contributed by atoms with Crippen LogP contribution < -0.4 is 15.4 Å². The number of hydrogen-bond acceptors (Lipinski definition) is 5. The van der Waals surface area contributed by atoms with E-state index in [1.54, 1.807) is 6.07 Å². The highest BCUT2D eigenvalue weighted by molar-refractivity contribution is 5.96. The summed E-state index contributed by atoms with van der Waals surface area (Å²) in [6, 6.07) is 23.6. The van der Waals surface area contributed by atoms with Crippen molar-refractivity contribution in [2.45, 2.75) is 38.5 Å². The number of carbonyl (C=O) groups is 1. The van der Waals surface area contributed by atoms with Crippen LogP contribution in [0.1, 0.15) is 48.9 Å². The van der Waals surface area contributed by atoms with Gasteiger partial charge in [-0.25, -0.2) is 4.79 Å². The van der Waals surface area contributed by atoms with Gasteiger partial charge in [0.2, 0.25) is 0 Å². The van der Waals surface area contributed by atoms with Crippen LogP contribution in [0.3, 0.4) is 0 Å². The van der Waals surface area contributed by atoms with Crippen LogP contribution in [0, 0.1) is 23.2 Å². The highest BCUT2D eigenvalue weighted by Crippen LogP contribution is 2.60. The van der Waals surface area contributed by atoms with Crippen molar-refractivity contribution in [1.82, 2.24) is 0 Å². The highest BCUT2D eigenvalue weighted by atomic mass is 16.5. The van der Waals surface area contributed by atoms with E-state index in [1.807, 2.05) is 42.5 Å². The number of methoxy groups -OCH3 is 1. The van der Waals surface area contributed by atoms with Gasteiger partial charge in [-0.2, -0.15) is 0 Å². The van der Waals surface area contributed by atoms with Gasteiger partial charge in [0.15, 0.2) is 0 Å². The second-order valence-electron chi connectivity index (χ2n) is 11.1. The third-order valence-corrected chi connectivity index (χ3v) is 8.35. The van der Waals surface area contributed by atoms with Gasteiger partial charge in [-0.15, -0.1) is 0 Å². The second-order valence-corrected chi connectivity index (χ2v) is 11.1. The van der Waals surface area contributed by atoms with E-state index in [0.29, 0.717) is 16.7 Å². The molecule has 0 aromatic heterocycles. The minimum atomic E-state index is -0.359. The molecule has 0 radical (unpaired) electrons. The molecule has 2 N–H and O–H groups in total. The first-order valence-electron chi connectivity index (χ1n) is 13.1. The summed E-state index contributed by atoms with van der Waals surface area (Å²) in [6.45, 7) is 0.872. The first-order valence-corrected chi connectivity index (χ1v) is 13.1. The third kappa shape index (κ3) is 4.79. The molecular weight excluding hydrogens is 448 g/mol. The van der Waals surface area contributed by atoms with Gasteiger partial charge in [0.05, 0.1) is 25.0 Å². The molecule has 4 bridgehead atoms. The van der Waals surface area contributed by atoms with E-state index in [-0.39, 0.29) is 5.97 Å². The van der Waals surface area contributed by atoms with Crippen LogP contribution >= 0.6 is 0 Å². The van der Waals surface area contributed by atoms with Crippen molar-refractivity contribution in [2.24, 2.45) is 23.2 Å². The molecule has 0 saturated heterocycles. The summed E-state index contributed by atoms with van der Waals surface area (Å²) in [5.41, 5.74) is 4.56. The van der Waals surface area contributed by atoms with Crippen LogP contribution in [0.25, 0.3) is 0 Å². The van der Waals surface area contributed by atoms with Crippen molar-refractivity contribution in [3.05, 3.63) is 78.4 Å². The Morgan fingerprint density at radius 3 is 1.89 bits per heavy atom. The molecule has 0 heterocycles. The summed E-state index contributed by atoms with van der Waals surface area (Å²) in [4.78, 5) is 12.0. The highest BCUT2D eigenvalue weighted by Gasteiger charge is 2.51. The maximum Gasteiger partial charge on any atom is 0.339 e. The van der Waals surface area contributed by atoms with Crippen molar-refractivity contribution in [3.63, 3.8) is 0 Å². The molecule has 5 heteroatoms. The Bertz CT molecular complexity index is 1180. The molecule has 36 heavy (non-hydrogen) atoms. The molecule has 4 saturated carbocycles. The molecule has 0 spiro atoms. The summed E-state index contributed by atoms with van der Waals surface area (Å²) in [5, 5.41) is 6.76. The van der Waals surface area contributed by atoms with E-state index in [1.165, 1.54) is 45.6 Å². The fourth-order valence-corrected chi connectivity index (χ4v) is 7.18. The molecule has 4 aliphatic rings.